The Morgan fingerprint density at radius 3 is 2.42 bits per heavy atom. The van der Waals surface area contributed by atoms with Gasteiger partial charge in [-0.3, -0.25) is 14.4 Å². The number of amides is 2. The van der Waals surface area contributed by atoms with Crippen LogP contribution in [0.4, 0.5) is 5.69 Å². The molecule has 2 N–H and O–H groups in total. The number of hydrogen-bond donors (Lipinski definition) is 1. The molecular formula is C28H42N4O4. The van der Waals surface area contributed by atoms with Gasteiger partial charge >= 0.3 is 0 Å². The molecule has 3 aliphatic heterocycles. The second-order valence-electron chi connectivity index (χ2n) is 11.8. The van der Waals surface area contributed by atoms with E-state index in [1.165, 1.54) is 0 Å². The highest BCUT2D eigenvalue weighted by Gasteiger charge is 2.55. The maximum absolute atomic E-state index is 14.5. The molecule has 0 radical (unpaired) electrons. The Hall–Kier alpha value is -2.45. The Morgan fingerprint density at radius 1 is 1.17 bits per heavy atom. The normalized spacial score (nSPS) is 26.0. The number of ketones is 1. The number of piperazine rings is 1. The number of fused-ring (bicyclic) bond motifs is 1. The minimum Gasteiger partial charge on any atom is -0.369 e. The molecule has 1 aromatic rings. The molecule has 8 heteroatoms. The van der Waals surface area contributed by atoms with Gasteiger partial charge in [0.25, 0.3) is 0 Å². The molecule has 8 nitrogen and oxygen atoms in total. The number of ether oxygens (including phenoxy) is 1. The topological polar surface area (TPSA) is 96.2 Å². The molecule has 0 aliphatic carbocycles. The molecule has 4 rings (SSSR count). The summed E-state index contributed by atoms with van der Waals surface area (Å²) in [6.07, 6.45) is 0.458. The van der Waals surface area contributed by atoms with Crippen molar-refractivity contribution in [3.63, 3.8) is 0 Å². The third-order valence-corrected chi connectivity index (χ3v) is 8.78. The third kappa shape index (κ3) is 4.77. The zero-order chi connectivity index (χ0) is 26.4. The molecule has 4 atom stereocenters. The lowest BCUT2D eigenvalue weighted by Crippen LogP contribution is -2.47. The molecule has 0 unspecified atom stereocenters. The van der Waals surface area contributed by atoms with Gasteiger partial charge in [0.05, 0.1) is 12.0 Å². The first kappa shape index (κ1) is 26.6. The molecule has 0 saturated carbocycles. The number of likely N-dealkylation sites (N-methyl/N-ethyl adjacent to an activating group) is 1. The van der Waals surface area contributed by atoms with Crippen LogP contribution in [0.1, 0.15) is 62.9 Å². The summed E-state index contributed by atoms with van der Waals surface area (Å²) >= 11 is 0. The average molecular weight is 499 g/mol. The standard InChI is InChI=1S/C28H42N4O4/c1-7-28(4,5)23(27(35)32-15-21(17(2)3)25-24(32)22(33)16-36-25)20-14-18(8-9-19(20)26(29)34)31-12-10-30(6)11-13-31/h8-9,14,17,21,23-25H,7,10-13,15-16H2,1-6H3,(H2,29,34)/t21-,23-,24+,25+/m0/s1. The Bertz CT molecular complexity index is 1010. The van der Waals surface area contributed by atoms with Crippen LogP contribution in [-0.4, -0.2) is 85.9 Å². The summed E-state index contributed by atoms with van der Waals surface area (Å²) in [7, 11) is 2.11. The van der Waals surface area contributed by atoms with Crippen molar-refractivity contribution < 1.29 is 19.1 Å². The predicted octanol–water partition coefficient (Wildman–Crippen LogP) is 2.51. The van der Waals surface area contributed by atoms with Crippen LogP contribution in [-0.2, 0) is 14.3 Å². The number of likely N-dealkylation sites (tertiary alicyclic amines) is 1. The summed E-state index contributed by atoms with van der Waals surface area (Å²) in [4.78, 5) is 46.3. The number of nitrogens with two attached hydrogens (primary N) is 1. The van der Waals surface area contributed by atoms with Gasteiger partial charge in [-0.05, 0) is 48.6 Å². The van der Waals surface area contributed by atoms with Gasteiger partial charge in [-0.25, -0.2) is 0 Å². The van der Waals surface area contributed by atoms with Gasteiger partial charge < -0.3 is 25.2 Å². The van der Waals surface area contributed by atoms with Gasteiger partial charge in [0.15, 0.2) is 5.78 Å². The summed E-state index contributed by atoms with van der Waals surface area (Å²) in [6.45, 7) is 14.6. The molecule has 0 spiro atoms. The van der Waals surface area contributed by atoms with E-state index in [2.05, 4.69) is 51.5 Å². The van der Waals surface area contributed by atoms with Crippen LogP contribution in [0, 0.1) is 17.3 Å². The summed E-state index contributed by atoms with van der Waals surface area (Å²) in [5.41, 5.74) is 7.41. The zero-order valence-corrected chi connectivity index (χ0v) is 22.6. The van der Waals surface area contributed by atoms with Gasteiger partial charge in [0, 0.05) is 49.9 Å². The molecule has 36 heavy (non-hydrogen) atoms. The van der Waals surface area contributed by atoms with E-state index >= 15 is 0 Å². The van der Waals surface area contributed by atoms with E-state index in [0.29, 0.717) is 17.7 Å². The Labute approximate surface area is 215 Å². The Morgan fingerprint density at radius 2 is 1.83 bits per heavy atom. The maximum Gasteiger partial charge on any atom is 0.249 e. The monoisotopic (exact) mass is 498 g/mol. The van der Waals surface area contributed by atoms with E-state index in [9.17, 15) is 14.4 Å². The number of hydrogen-bond acceptors (Lipinski definition) is 6. The number of anilines is 1. The minimum atomic E-state index is -0.614. The average Bonchev–Trinajstić information content (AvgIpc) is 3.40. The fraction of sp³-hybridized carbons (Fsp3) is 0.679. The van der Waals surface area contributed by atoms with E-state index in [1.54, 1.807) is 11.0 Å². The lowest BCUT2D eigenvalue weighted by molar-refractivity contribution is -0.140. The predicted molar refractivity (Wildman–Crippen MR) is 140 cm³/mol. The van der Waals surface area contributed by atoms with Gasteiger partial charge in [-0.1, -0.05) is 34.6 Å². The van der Waals surface area contributed by atoms with Crippen molar-refractivity contribution in [3.05, 3.63) is 29.3 Å². The van der Waals surface area contributed by atoms with Crippen molar-refractivity contribution >= 4 is 23.3 Å². The first-order valence-electron chi connectivity index (χ1n) is 13.3. The molecular weight excluding hydrogens is 456 g/mol. The highest BCUT2D eigenvalue weighted by Crippen LogP contribution is 2.45. The molecule has 0 bridgehead atoms. The number of Topliss-reactive ketones (excluding diaryl/α,β-unsaturated/α-hetero) is 1. The second-order valence-corrected chi connectivity index (χ2v) is 11.8. The number of benzene rings is 1. The Kier molecular flexibility index (Phi) is 7.49. The Balaban J connectivity index is 1.78. The van der Waals surface area contributed by atoms with Gasteiger partial charge in [-0.2, -0.15) is 0 Å². The molecule has 3 heterocycles. The van der Waals surface area contributed by atoms with Crippen LogP contribution in [0.5, 0.6) is 0 Å². The van der Waals surface area contributed by atoms with Crippen LogP contribution in [0.15, 0.2) is 18.2 Å². The van der Waals surface area contributed by atoms with Crippen LogP contribution in [0.2, 0.25) is 0 Å². The van der Waals surface area contributed by atoms with E-state index in [1.807, 2.05) is 12.1 Å². The summed E-state index contributed by atoms with van der Waals surface area (Å²) in [5.74, 6) is -0.928. The first-order chi connectivity index (χ1) is 17.0. The first-order valence-corrected chi connectivity index (χ1v) is 13.3. The van der Waals surface area contributed by atoms with Crippen LogP contribution >= 0.6 is 0 Å². The minimum absolute atomic E-state index is 0.0362. The molecule has 3 saturated heterocycles. The largest absolute Gasteiger partial charge is 0.369 e. The highest BCUT2D eigenvalue weighted by atomic mass is 16.5. The molecule has 3 aliphatic rings. The van der Waals surface area contributed by atoms with Crippen molar-refractivity contribution in [1.29, 1.82) is 0 Å². The number of rotatable bonds is 7. The molecule has 1 aromatic carbocycles. The number of carbonyl (C=O) groups is 3. The van der Waals surface area contributed by atoms with Crippen LogP contribution in [0.25, 0.3) is 0 Å². The van der Waals surface area contributed by atoms with E-state index in [0.717, 1.165) is 38.3 Å². The highest BCUT2D eigenvalue weighted by molar-refractivity contribution is 5.99. The lowest BCUT2D eigenvalue weighted by Gasteiger charge is -2.39. The molecule has 2 amide bonds. The molecule has 198 valence electrons. The van der Waals surface area contributed by atoms with Crippen molar-refractivity contribution in [1.82, 2.24) is 9.80 Å². The van der Waals surface area contributed by atoms with Gasteiger partial charge in [0.2, 0.25) is 11.8 Å². The second kappa shape index (κ2) is 10.1. The van der Waals surface area contributed by atoms with Crippen molar-refractivity contribution in [2.45, 2.75) is 59.1 Å². The van der Waals surface area contributed by atoms with Crippen LogP contribution in [0.3, 0.4) is 0 Å². The van der Waals surface area contributed by atoms with Crippen molar-refractivity contribution in [2.75, 3.05) is 51.3 Å². The van der Waals surface area contributed by atoms with E-state index in [-0.39, 0.29) is 36.2 Å². The molecule has 0 aromatic heterocycles. The van der Waals surface area contributed by atoms with Gasteiger partial charge in [0.1, 0.15) is 12.6 Å². The van der Waals surface area contributed by atoms with Crippen molar-refractivity contribution in [2.24, 2.45) is 23.0 Å². The zero-order valence-electron chi connectivity index (χ0n) is 22.6. The number of carbonyl (C=O) groups excluding carboxylic acids is 3. The van der Waals surface area contributed by atoms with Crippen molar-refractivity contribution in [3.8, 4) is 0 Å². The maximum atomic E-state index is 14.5. The smallest absolute Gasteiger partial charge is 0.249 e. The number of nitrogens with zero attached hydrogens (tertiary/aromatic N) is 3. The summed E-state index contributed by atoms with van der Waals surface area (Å²) < 4.78 is 5.88. The quantitative estimate of drug-likeness (QED) is 0.621. The lowest BCUT2D eigenvalue weighted by atomic mass is 9.71. The van der Waals surface area contributed by atoms with Crippen LogP contribution < -0.4 is 10.6 Å². The summed E-state index contributed by atoms with van der Waals surface area (Å²) in [6, 6.07) is 5.14. The fourth-order valence-corrected chi connectivity index (χ4v) is 6.04. The van der Waals surface area contributed by atoms with Gasteiger partial charge in [-0.15, -0.1) is 0 Å². The van der Waals surface area contributed by atoms with E-state index in [4.69, 9.17) is 10.5 Å². The molecule has 3 fully saturated rings. The third-order valence-electron chi connectivity index (χ3n) is 8.78. The summed E-state index contributed by atoms with van der Waals surface area (Å²) in [5, 5.41) is 0. The SMILES string of the molecule is CCC(C)(C)[C@H](C(=O)N1C[C@@H](C(C)C)[C@H]2OCC(=O)[C@H]21)c1cc(N2CCN(C)CC2)ccc1C(N)=O. The number of primary amides is 1. The fourth-order valence-electron chi connectivity index (χ4n) is 6.04. The van der Waals surface area contributed by atoms with E-state index < -0.39 is 23.3 Å².